The van der Waals surface area contributed by atoms with Crippen molar-refractivity contribution in [3.63, 3.8) is 0 Å². The van der Waals surface area contributed by atoms with E-state index in [1.807, 2.05) is 18.2 Å². The lowest BCUT2D eigenvalue weighted by Crippen LogP contribution is -2.22. The van der Waals surface area contributed by atoms with Crippen LogP contribution in [0.1, 0.15) is 48.6 Å². The number of rotatable bonds is 14. The lowest BCUT2D eigenvalue weighted by Gasteiger charge is -2.14. The summed E-state index contributed by atoms with van der Waals surface area (Å²) in [7, 11) is 0. The molecule has 0 spiro atoms. The minimum Gasteiger partial charge on any atom is -0.508 e. The number of benzene rings is 2. The predicted molar refractivity (Wildman–Crippen MR) is 127 cm³/mol. The van der Waals surface area contributed by atoms with Crippen LogP contribution >= 0.6 is 0 Å². The molecule has 32 heavy (non-hydrogen) atoms. The molecule has 2 aromatic carbocycles. The summed E-state index contributed by atoms with van der Waals surface area (Å²) < 4.78 is 5.76. The Morgan fingerprint density at radius 2 is 1.78 bits per heavy atom. The summed E-state index contributed by atoms with van der Waals surface area (Å²) in [5.41, 5.74) is 3.22. The van der Waals surface area contributed by atoms with Gasteiger partial charge in [-0.15, -0.1) is 0 Å². The third-order valence-corrected chi connectivity index (χ3v) is 5.55. The molecular weight excluding hydrogens is 404 g/mol. The zero-order valence-corrected chi connectivity index (χ0v) is 18.5. The summed E-state index contributed by atoms with van der Waals surface area (Å²) in [5, 5.41) is 33.5. The number of aromatic hydroxyl groups is 1. The van der Waals surface area contributed by atoms with Gasteiger partial charge in [-0.1, -0.05) is 43.2 Å². The first-order valence-corrected chi connectivity index (χ1v) is 11.4. The quantitative estimate of drug-likeness (QED) is 0.285. The molecule has 6 heteroatoms. The van der Waals surface area contributed by atoms with Gasteiger partial charge in [0.15, 0.2) is 0 Å². The van der Waals surface area contributed by atoms with Crippen LogP contribution < -0.4 is 5.32 Å². The molecule has 0 saturated carbocycles. The maximum absolute atomic E-state index is 10.2. The second-order valence-corrected chi connectivity index (χ2v) is 8.04. The van der Waals surface area contributed by atoms with Crippen molar-refractivity contribution in [3.05, 3.63) is 71.4 Å². The van der Waals surface area contributed by atoms with Gasteiger partial charge in [0.1, 0.15) is 5.75 Å². The van der Waals surface area contributed by atoms with Crippen molar-refractivity contribution >= 4 is 10.9 Å². The van der Waals surface area contributed by atoms with E-state index in [4.69, 9.17) is 4.74 Å². The number of phenols is 1. The molecule has 0 aliphatic heterocycles. The van der Waals surface area contributed by atoms with E-state index in [1.165, 1.54) is 6.07 Å². The number of hydrogen-bond acceptors (Lipinski definition) is 6. The van der Waals surface area contributed by atoms with E-state index in [9.17, 15) is 15.3 Å². The largest absolute Gasteiger partial charge is 0.508 e. The lowest BCUT2D eigenvalue weighted by molar-refractivity contribution is 0.132. The van der Waals surface area contributed by atoms with E-state index in [1.54, 1.807) is 12.1 Å². The second kappa shape index (κ2) is 13.1. The zero-order valence-electron chi connectivity index (χ0n) is 18.5. The van der Waals surface area contributed by atoms with Crippen LogP contribution in [0.15, 0.2) is 54.6 Å². The maximum atomic E-state index is 10.2. The minimum atomic E-state index is -0.661. The Hall–Kier alpha value is -2.51. The van der Waals surface area contributed by atoms with Gasteiger partial charge in [-0.05, 0) is 49.2 Å². The highest BCUT2D eigenvalue weighted by atomic mass is 16.5. The van der Waals surface area contributed by atoms with E-state index in [0.29, 0.717) is 24.3 Å². The third-order valence-electron chi connectivity index (χ3n) is 5.55. The average molecular weight is 439 g/mol. The number of unbranched alkanes of at least 4 members (excludes halogenated alkanes) is 3. The van der Waals surface area contributed by atoms with Crippen molar-refractivity contribution in [2.75, 3.05) is 26.3 Å². The molecule has 1 aromatic heterocycles. The SMILES string of the molecule is OCc1cc(C(O)CNCCCCCCOCCc2ccc3ccccc3n2)ccc1O. The van der Waals surface area contributed by atoms with Gasteiger partial charge < -0.3 is 25.4 Å². The first-order chi connectivity index (χ1) is 15.7. The number of aliphatic hydroxyl groups excluding tert-OH is 2. The number of hydrogen-bond donors (Lipinski definition) is 4. The number of aliphatic hydroxyl groups is 2. The number of fused-ring (bicyclic) bond motifs is 1. The molecule has 0 amide bonds. The molecule has 1 unspecified atom stereocenters. The second-order valence-electron chi connectivity index (χ2n) is 8.04. The van der Waals surface area contributed by atoms with E-state index < -0.39 is 6.10 Å². The average Bonchev–Trinajstić information content (AvgIpc) is 2.82. The zero-order chi connectivity index (χ0) is 22.6. The van der Waals surface area contributed by atoms with Gasteiger partial charge in [-0.3, -0.25) is 4.98 Å². The fraction of sp³-hybridized carbons (Fsp3) is 0.423. The Labute approximate surface area is 189 Å². The number of nitrogens with one attached hydrogen (secondary N) is 1. The van der Waals surface area contributed by atoms with Gasteiger partial charge in [-0.25, -0.2) is 0 Å². The van der Waals surface area contributed by atoms with Crippen molar-refractivity contribution in [3.8, 4) is 5.75 Å². The fourth-order valence-corrected chi connectivity index (χ4v) is 3.63. The van der Waals surface area contributed by atoms with Crippen LogP contribution in [0, 0.1) is 0 Å². The lowest BCUT2D eigenvalue weighted by atomic mass is 10.1. The van der Waals surface area contributed by atoms with Crippen LogP contribution in [0.25, 0.3) is 10.9 Å². The summed E-state index contributed by atoms with van der Waals surface area (Å²) in [6.07, 6.45) is 4.50. The highest BCUT2D eigenvalue weighted by Gasteiger charge is 2.09. The Bertz CT molecular complexity index is 963. The molecule has 0 radical (unpaired) electrons. The van der Waals surface area contributed by atoms with Crippen LogP contribution in [0.4, 0.5) is 0 Å². The molecule has 0 fully saturated rings. The van der Waals surface area contributed by atoms with Crippen molar-refractivity contribution in [1.82, 2.24) is 10.3 Å². The molecule has 3 aromatic rings. The highest BCUT2D eigenvalue weighted by Crippen LogP contribution is 2.22. The van der Waals surface area contributed by atoms with Crippen LogP contribution in [-0.4, -0.2) is 46.6 Å². The number of pyridine rings is 1. The van der Waals surface area contributed by atoms with E-state index in [-0.39, 0.29) is 12.4 Å². The van der Waals surface area contributed by atoms with Crippen molar-refractivity contribution < 1.29 is 20.1 Å². The highest BCUT2D eigenvalue weighted by molar-refractivity contribution is 5.78. The predicted octanol–water partition coefficient (Wildman–Crippen LogP) is 3.88. The normalized spacial score (nSPS) is 12.3. The Morgan fingerprint density at radius 3 is 2.66 bits per heavy atom. The van der Waals surface area contributed by atoms with E-state index in [2.05, 4.69) is 28.5 Å². The molecule has 6 nitrogen and oxygen atoms in total. The first kappa shape index (κ1) is 24.1. The summed E-state index contributed by atoms with van der Waals surface area (Å²) in [6, 6.07) is 17.2. The molecular formula is C26H34N2O4. The Kier molecular flexibility index (Phi) is 9.91. The summed E-state index contributed by atoms with van der Waals surface area (Å²) in [4.78, 5) is 4.67. The smallest absolute Gasteiger partial charge is 0.121 e. The van der Waals surface area contributed by atoms with Crippen LogP contribution in [0.3, 0.4) is 0 Å². The van der Waals surface area contributed by atoms with Gasteiger partial charge in [0.05, 0.1) is 24.8 Å². The number of nitrogens with zero attached hydrogens (tertiary/aromatic N) is 1. The molecule has 0 bridgehead atoms. The summed E-state index contributed by atoms with van der Waals surface area (Å²) >= 11 is 0. The van der Waals surface area contributed by atoms with Gasteiger partial charge in [-0.2, -0.15) is 0 Å². The molecule has 1 atom stereocenters. The van der Waals surface area contributed by atoms with Crippen molar-refractivity contribution in [2.45, 2.75) is 44.8 Å². The molecule has 0 aliphatic carbocycles. The number of aromatic nitrogens is 1. The van der Waals surface area contributed by atoms with E-state index in [0.717, 1.165) is 61.9 Å². The summed E-state index contributed by atoms with van der Waals surface area (Å²) in [6.45, 7) is 2.51. The Morgan fingerprint density at radius 1 is 0.938 bits per heavy atom. The fourth-order valence-electron chi connectivity index (χ4n) is 3.63. The third kappa shape index (κ3) is 7.57. The Balaban J connectivity index is 1.18. The van der Waals surface area contributed by atoms with Gasteiger partial charge >= 0.3 is 0 Å². The van der Waals surface area contributed by atoms with Crippen molar-refractivity contribution in [2.24, 2.45) is 0 Å². The molecule has 4 N–H and O–H groups in total. The van der Waals surface area contributed by atoms with Crippen LogP contribution in [-0.2, 0) is 17.8 Å². The molecule has 172 valence electrons. The van der Waals surface area contributed by atoms with Gasteiger partial charge in [0.25, 0.3) is 0 Å². The molecule has 3 rings (SSSR count). The minimum absolute atomic E-state index is 0.0470. The van der Waals surface area contributed by atoms with Gasteiger partial charge in [0.2, 0.25) is 0 Å². The van der Waals surface area contributed by atoms with E-state index >= 15 is 0 Å². The van der Waals surface area contributed by atoms with Gasteiger partial charge in [0, 0.05) is 36.2 Å². The van der Waals surface area contributed by atoms with Crippen molar-refractivity contribution in [1.29, 1.82) is 0 Å². The van der Waals surface area contributed by atoms with Crippen LogP contribution in [0.5, 0.6) is 5.75 Å². The number of para-hydroxylation sites is 1. The number of ether oxygens (including phenoxy) is 1. The molecule has 0 aliphatic rings. The van der Waals surface area contributed by atoms with Crippen LogP contribution in [0.2, 0.25) is 0 Å². The molecule has 0 saturated heterocycles. The standard InChI is InChI=1S/C26H34N2O4/c29-19-22-17-21(10-12-25(22)30)26(31)18-27-14-5-1-2-6-15-32-16-13-23-11-9-20-7-3-4-8-24(20)28-23/h3-4,7-12,17,26-27,29-31H,1-2,5-6,13-16,18-19H2. The molecule has 1 heterocycles. The topological polar surface area (TPSA) is 94.8 Å². The maximum Gasteiger partial charge on any atom is 0.121 e. The monoisotopic (exact) mass is 438 g/mol. The summed E-state index contributed by atoms with van der Waals surface area (Å²) in [5.74, 6) is 0.0470. The first-order valence-electron chi connectivity index (χ1n) is 11.4.